The van der Waals surface area contributed by atoms with E-state index in [0.717, 1.165) is 35.6 Å². The molecule has 2 N–H and O–H groups in total. The zero-order chi connectivity index (χ0) is 21.8. The van der Waals surface area contributed by atoms with E-state index in [1.54, 1.807) is 6.92 Å². The van der Waals surface area contributed by atoms with Crippen molar-refractivity contribution in [3.63, 3.8) is 0 Å². The van der Waals surface area contributed by atoms with E-state index >= 15 is 0 Å². The first kappa shape index (κ1) is 21.7. The van der Waals surface area contributed by atoms with Gasteiger partial charge in [0, 0.05) is 34.3 Å². The van der Waals surface area contributed by atoms with Crippen LogP contribution in [0.4, 0.5) is 28.4 Å². The number of thiazole rings is 1. The summed E-state index contributed by atoms with van der Waals surface area (Å²) in [5, 5.41) is 5.72. The molecule has 2 aromatic heterocycles. The van der Waals surface area contributed by atoms with Crippen LogP contribution in [0.25, 0.3) is 0 Å². The largest absolute Gasteiger partial charge is 0.344 e. The van der Waals surface area contributed by atoms with Crippen LogP contribution in [0.1, 0.15) is 46.7 Å². The van der Waals surface area contributed by atoms with Crippen molar-refractivity contribution in [3.8, 4) is 0 Å². The van der Waals surface area contributed by atoms with Gasteiger partial charge in [-0.1, -0.05) is 19.4 Å². The first-order valence-corrected chi connectivity index (χ1v) is 9.91. The van der Waals surface area contributed by atoms with Crippen molar-refractivity contribution >= 4 is 28.1 Å². The number of halogens is 4. The number of carbonyl (C=O) groups is 1. The summed E-state index contributed by atoms with van der Waals surface area (Å²) in [6.45, 7) is 3.54. The average molecular weight is 438 g/mol. The lowest BCUT2D eigenvalue weighted by molar-refractivity contribution is 0.0929. The van der Waals surface area contributed by atoms with Gasteiger partial charge >= 0.3 is 0 Å². The van der Waals surface area contributed by atoms with Crippen molar-refractivity contribution in [2.24, 2.45) is 0 Å². The molecule has 3 aromatic rings. The summed E-state index contributed by atoms with van der Waals surface area (Å²) in [5.41, 5.74) is 0.375. The number of hydrogen-bond donors (Lipinski definition) is 2. The maximum Gasteiger partial charge on any atom is 0.271 e. The van der Waals surface area contributed by atoms with Crippen LogP contribution in [-0.2, 0) is 0 Å². The number of amides is 1. The molecule has 0 aliphatic rings. The van der Waals surface area contributed by atoms with Crippen LogP contribution in [0.5, 0.6) is 0 Å². The third kappa shape index (κ3) is 5.12. The highest BCUT2D eigenvalue weighted by Crippen LogP contribution is 2.28. The van der Waals surface area contributed by atoms with Crippen molar-refractivity contribution in [1.29, 1.82) is 0 Å². The minimum absolute atomic E-state index is 0.0953. The fourth-order valence-corrected chi connectivity index (χ4v) is 3.76. The topological polar surface area (TPSA) is 66.9 Å². The highest BCUT2D eigenvalue weighted by atomic mass is 32.1. The minimum atomic E-state index is -0.993. The summed E-state index contributed by atoms with van der Waals surface area (Å²) >= 11 is 1.12. The lowest BCUT2D eigenvalue weighted by Gasteiger charge is -2.19. The van der Waals surface area contributed by atoms with Gasteiger partial charge in [-0.2, -0.15) is 13.8 Å². The Morgan fingerprint density at radius 2 is 1.80 bits per heavy atom. The summed E-state index contributed by atoms with van der Waals surface area (Å²) in [5.74, 6) is -3.97. The second kappa shape index (κ2) is 9.21. The van der Waals surface area contributed by atoms with E-state index < -0.39 is 35.5 Å². The molecule has 0 aliphatic heterocycles. The number of nitrogens with one attached hydrogen (secondary N) is 2. The summed E-state index contributed by atoms with van der Waals surface area (Å²) in [6.07, 6.45) is 1.10. The van der Waals surface area contributed by atoms with Gasteiger partial charge in [0.25, 0.3) is 5.91 Å². The first-order valence-electron chi connectivity index (χ1n) is 9.10. The molecule has 10 heteroatoms. The zero-order valence-electron chi connectivity index (χ0n) is 16.1. The van der Waals surface area contributed by atoms with E-state index in [2.05, 4.69) is 20.6 Å². The number of aromatic nitrogens is 2. The van der Waals surface area contributed by atoms with Crippen molar-refractivity contribution in [2.45, 2.75) is 32.7 Å². The monoisotopic (exact) mass is 438 g/mol. The van der Waals surface area contributed by atoms with Gasteiger partial charge in [0.05, 0.1) is 6.04 Å². The van der Waals surface area contributed by atoms with E-state index in [1.807, 2.05) is 6.92 Å². The molecular formula is C20H18F4N4OS. The predicted octanol–water partition coefficient (Wildman–Crippen LogP) is 5.42. The number of aryl methyl sites for hydroxylation is 1. The van der Waals surface area contributed by atoms with Crippen molar-refractivity contribution < 1.29 is 22.4 Å². The molecule has 0 saturated heterocycles. The summed E-state index contributed by atoms with van der Waals surface area (Å²) in [4.78, 5) is 20.5. The highest BCUT2D eigenvalue weighted by molar-refractivity contribution is 7.15. The van der Waals surface area contributed by atoms with Crippen LogP contribution in [0.3, 0.4) is 0 Å². The van der Waals surface area contributed by atoms with Crippen LogP contribution in [0, 0.1) is 30.5 Å². The maximum absolute atomic E-state index is 14.2. The number of rotatable bonds is 7. The van der Waals surface area contributed by atoms with E-state index in [4.69, 9.17) is 0 Å². The third-order valence-electron chi connectivity index (χ3n) is 4.25. The molecule has 1 amide bonds. The fraction of sp³-hybridized carbons (Fsp3) is 0.250. The SMILES string of the molecule is CCCC(NC(=O)c1nc(Nc2cc(F)nc(F)c2)sc1C)c1ccc(F)cc1F. The Morgan fingerprint density at radius 1 is 1.10 bits per heavy atom. The second-order valence-corrected chi connectivity index (χ2v) is 7.73. The van der Waals surface area contributed by atoms with Crippen molar-refractivity contribution in [2.75, 3.05) is 5.32 Å². The van der Waals surface area contributed by atoms with Gasteiger partial charge in [0.1, 0.15) is 17.3 Å². The van der Waals surface area contributed by atoms with Crippen molar-refractivity contribution in [3.05, 3.63) is 70.0 Å². The van der Waals surface area contributed by atoms with Crippen LogP contribution in [-0.4, -0.2) is 15.9 Å². The Hall–Kier alpha value is -3.01. The fourth-order valence-electron chi connectivity index (χ4n) is 2.93. The average Bonchev–Trinajstić information content (AvgIpc) is 3.00. The number of nitrogens with zero attached hydrogens (tertiary/aromatic N) is 2. The molecule has 1 aromatic carbocycles. The molecule has 1 atom stereocenters. The predicted molar refractivity (Wildman–Crippen MR) is 106 cm³/mol. The standard InChI is InChI=1S/C20H18F4N4OS/c1-3-4-15(13-6-5-11(21)7-14(13)22)26-19(29)18-10(2)30-20(28-18)25-12-8-16(23)27-17(24)9-12/h5-9,15H,3-4H2,1-2H3,(H,26,29)(H,25,27,28). The molecule has 3 rings (SSSR count). The van der Waals surface area contributed by atoms with Crippen LogP contribution < -0.4 is 10.6 Å². The minimum Gasteiger partial charge on any atom is -0.344 e. The maximum atomic E-state index is 14.2. The molecule has 0 saturated carbocycles. The number of hydrogen-bond acceptors (Lipinski definition) is 5. The summed E-state index contributed by atoms with van der Waals surface area (Å²) in [6, 6.07) is 4.54. The Labute approximate surface area is 174 Å². The van der Waals surface area contributed by atoms with Gasteiger partial charge in [-0.05, 0) is 19.4 Å². The Morgan fingerprint density at radius 3 is 2.43 bits per heavy atom. The summed E-state index contributed by atoms with van der Waals surface area (Å²) < 4.78 is 53.9. The quantitative estimate of drug-likeness (QED) is 0.382. The molecule has 0 bridgehead atoms. The van der Waals surface area contributed by atoms with Crippen molar-refractivity contribution in [1.82, 2.24) is 15.3 Å². The smallest absolute Gasteiger partial charge is 0.271 e. The first-order chi connectivity index (χ1) is 14.3. The van der Waals surface area contributed by atoms with Gasteiger partial charge in [-0.3, -0.25) is 4.79 Å². The van der Waals surface area contributed by atoms with Gasteiger partial charge in [0.15, 0.2) is 5.13 Å². The molecule has 0 spiro atoms. The molecule has 158 valence electrons. The van der Waals surface area contributed by atoms with Crippen LogP contribution in [0.15, 0.2) is 30.3 Å². The van der Waals surface area contributed by atoms with Gasteiger partial charge in [-0.25, -0.2) is 13.8 Å². The normalized spacial score (nSPS) is 11.9. The number of pyridine rings is 1. The second-order valence-electron chi connectivity index (χ2n) is 6.53. The Kier molecular flexibility index (Phi) is 6.66. The lowest BCUT2D eigenvalue weighted by Crippen LogP contribution is -2.30. The van der Waals surface area contributed by atoms with E-state index in [1.165, 1.54) is 6.07 Å². The van der Waals surface area contributed by atoms with E-state index in [9.17, 15) is 22.4 Å². The van der Waals surface area contributed by atoms with Gasteiger partial charge < -0.3 is 10.6 Å². The van der Waals surface area contributed by atoms with Gasteiger partial charge in [-0.15, -0.1) is 11.3 Å². The molecule has 1 unspecified atom stereocenters. The third-order valence-corrected chi connectivity index (χ3v) is 5.13. The molecule has 0 aliphatic carbocycles. The number of anilines is 2. The van der Waals surface area contributed by atoms with E-state index in [0.29, 0.717) is 17.7 Å². The van der Waals surface area contributed by atoms with Crippen LogP contribution >= 0.6 is 11.3 Å². The highest BCUT2D eigenvalue weighted by Gasteiger charge is 2.22. The molecular weight excluding hydrogens is 420 g/mol. The zero-order valence-corrected chi connectivity index (χ0v) is 16.9. The summed E-state index contributed by atoms with van der Waals surface area (Å²) in [7, 11) is 0. The van der Waals surface area contributed by atoms with E-state index in [-0.39, 0.29) is 22.1 Å². The number of carbonyl (C=O) groups excluding carboxylic acids is 1. The Balaban J connectivity index is 1.80. The molecule has 5 nitrogen and oxygen atoms in total. The molecule has 2 heterocycles. The van der Waals surface area contributed by atoms with Gasteiger partial charge in [0.2, 0.25) is 11.9 Å². The van der Waals surface area contributed by atoms with Crippen LogP contribution in [0.2, 0.25) is 0 Å². The molecule has 30 heavy (non-hydrogen) atoms. The Bertz CT molecular complexity index is 1050. The molecule has 0 radical (unpaired) electrons. The lowest BCUT2D eigenvalue weighted by atomic mass is 10.0. The number of benzene rings is 1. The molecule has 0 fully saturated rings.